The van der Waals surface area contributed by atoms with Gasteiger partial charge in [0.25, 0.3) is 0 Å². The molecular formula is C20H30N4O4S. The summed E-state index contributed by atoms with van der Waals surface area (Å²) in [6.07, 6.45) is 2.73. The molecule has 8 nitrogen and oxygen atoms in total. The number of likely N-dealkylation sites (tertiary alicyclic amines) is 1. The molecule has 0 saturated carbocycles. The number of primary amides is 1. The molecule has 1 atom stereocenters. The van der Waals surface area contributed by atoms with Gasteiger partial charge in [-0.25, -0.2) is 12.7 Å². The SMILES string of the molecule is CCS(=O)(=O)N1CCC(C(=O)Nc2ccccc2CN2CCCC2C(N)=O)CC1. The van der Waals surface area contributed by atoms with Crippen molar-refractivity contribution in [1.82, 2.24) is 9.21 Å². The molecule has 0 aromatic heterocycles. The molecule has 29 heavy (non-hydrogen) atoms. The first-order valence-electron chi connectivity index (χ1n) is 10.2. The first-order valence-corrected chi connectivity index (χ1v) is 11.8. The van der Waals surface area contributed by atoms with Crippen molar-refractivity contribution >= 4 is 27.5 Å². The van der Waals surface area contributed by atoms with Gasteiger partial charge in [0.1, 0.15) is 0 Å². The van der Waals surface area contributed by atoms with Gasteiger partial charge in [0.2, 0.25) is 21.8 Å². The van der Waals surface area contributed by atoms with Crippen LogP contribution >= 0.6 is 0 Å². The fraction of sp³-hybridized carbons (Fsp3) is 0.600. The van der Waals surface area contributed by atoms with E-state index in [4.69, 9.17) is 5.73 Å². The maximum absolute atomic E-state index is 12.8. The minimum absolute atomic E-state index is 0.0834. The lowest BCUT2D eigenvalue weighted by molar-refractivity contribution is -0.122. The standard InChI is InChI=1S/C20H30N4O4S/c1-2-29(27,28)24-12-9-15(10-13-24)20(26)22-17-7-4-3-6-16(17)14-23-11-5-8-18(23)19(21)25/h3-4,6-7,15,18H,2,5,8-14H2,1H3,(H2,21,25)(H,22,26). The van der Waals surface area contributed by atoms with Gasteiger partial charge >= 0.3 is 0 Å². The van der Waals surface area contributed by atoms with Crippen LogP contribution in [0.25, 0.3) is 0 Å². The van der Waals surface area contributed by atoms with Crippen molar-refractivity contribution in [2.75, 3.05) is 30.7 Å². The molecule has 1 aromatic rings. The zero-order valence-corrected chi connectivity index (χ0v) is 17.7. The fourth-order valence-electron chi connectivity index (χ4n) is 4.15. The average molecular weight is 423 g/mol. The monoisotopic (exact) mass is 422 g/mol. The normalized spacial score (nSPS) is 21.9. The van der Waals surface area contributed by atoms with Crippen LogP contribution in [0, 0.1) is 5.92 Å². The number of nitrogens with two attached hydrogens (primary N) is 1. The third-order valence-electron chi connectivity index (χ3n) is 5.92. The Morgan fingerprint density at radius 3 is 2.48 bits per heavy atom. The van der Waals surface area contributed by atoms with Gasteiger partial charge in [0.15, 0.2) is 0 Å². The van der Waals surface area contributed by atoms with Crippen molar-refractivity contribution in [3.63, 3.8) is 0 Å². The molecule has 0 aliphatic carbocycles. The summed E-state index contributed by atoms with van der Waals surface area (Å²) < 4.78 is 25.5. The van der Waals surface area contributed by atoms with E-state index in [0.717, 1.165) is 30.6 Å². The van der Waals surface area contributed by atoms with E-state index < -0.39 is 10.0 Å². The van der Waals surface area contributed by atoms with Gasteiger partial charge in [-0.2, -0.15) is 0 Å². The number of sulfonamides is 1. The number of rotatable bonds is 7. The number of carbonyl (C=O) groups is 2. The van der Waals surface area contributed by atoms with Crippen LogP contribution < -0.4 is 11.1 Å². The maximum atomic E-state index is 12.8. The van der Waals surface area contributed by atoms with E-state index in [1.807, 2.05) is 24.3 Å². The quantitative estimate of drug-likeness (QED) is 0.684. The van der Waals surface area contributed by atoms with E-state index in [1.165, 1.54) is 4.31 Å². The second kappa shape index (κ2) is 9.23. The minimum atomic E-state index is -3.20. The lowest BCUT2D eigenvalue weighted by Crippen LogP contribution is -2.42. The van der Waals surface area contributed by atoms with Gasteiger partial charge in [-0.1, -0.05) is 18.2 Å². The second-order valence-corrected chi connectivity index (χ2v) is 10.0. The van der Waals surface area contributed by atoms with Crippen LogP contribution in [0.5, 0.6) is 0 Å². The van der Waals surface area contributed by atoms with E-state index in [0.29, 0.717) is 32.5 Å². The molecule has 0 radical (unpaired) electrons. The predicted octanol–water partition coefficient (Wildman–Crippen LogP) is 1.14. The lowest BCUT2D eigenvalue weighted by atomic mass is 9.97. The smallest absolute Gasteiger partial charge is 0.234 e. The van der Waals surface area contributed by atoms with Crippen molar-refractivity contribution in [3.05, 3.63) is 29.8 Å². The Bertz CT molecular complexity index is 850. The molecular weight excluding hydrogens is 392 g/mol. The number of hydrogen-bond acceptors (Lipinski definition) is 5. The molecule has 2 amide bonds. The highest BCUT2D eigenvalue weighted by molar-refractivity contribution is 7.89. The molecule has 2 aliphatic rings. The largest absolute Gasteiger partial charge is 0.368 e. The molecule has 160 valence electrons. The van der Waals surface area contributed by atoms with Crippen LogP contribution in [0.2, 0.25) is 0 Å². The molecule has 2 aliphatic heterocycles. The Balaban J connectivity index is 1.62. The molecule has 2 fully saturated rings. The highest BCUT2D eigenvalue weighted by Crippen LogP contribution is 2.26. The fourth-order valence-corrected chi connectivity index (χ4v) is 5.28. The van der Waals surface area contributed by atoms with E-state index in [-0.39, 0.29) is 29.5 Å². The predicted molar refractivity (Wildman–Crippen MR) is 111 cm³/mol. The number of carbonyl (C=O) groups excluding carboxylic acids is 2. The molecule has 1 unspecified atom stereocenters. The van der Waals surface area contributed by atoms with Crippen LogP contribution in [0.1, 0.15) is 38.2 Å². The molecule has 0 spiro atoms. The van der Waals surface area contributed by atoms with E-state index in [9.17, 15) is 18.0 Å². The van der Waals surface area contributed by atoms with Crippen LogP contribution in [0.15, 0.2) is 24.3 Å². The van der Waals surface area contributed by atoms with Crippen LogP contribution in [0.3, 0.4) is 0 Å². The lowest BCUT2D eigenvalue weighted by Gasteiger charge is -2.30. The first-order chi connectivity index (χ1) is 13.8. The van der Waals surface area contributed by atoms with Gasteiger partial charge in [-0.15, -0.1) is 0 Å². The number of nitrogens with zero attached hydrogens (tertiary/aromatic N) is 2. The zero-order chi connectivity index (χ0) is 21.0. The molecule has 0 bridgehead atoms. The van der Waals surface area contributed by atoms with Crippen molar-refractivity contribution in [2.45, 2.75) is 45.2 Å². The van der Waals surface area contributed by atoms with E-state index in [2.05, 4.69) is 10.2 Å². The van der Waals surface area contributed by atoms with Gasteiger partial charge in [0, 0.05) is 31.2 Å². The van der Waals surface area contributed by atoms with Gasteiger partial charge in [-0.05, 0) is 50.8 Å². The Morgan fingerprint density at radius 2 is 1.83 bits per heavy atom. The summed E-state index contributed by atoms with van der Waals surface area (Å²) in [4.78, 5) is 26.5. The minimum Gasteiger partial charge on any atom is -0.368 e. The van der Waals surface area contributed by atoms with Gasteiger partial charge in [0.05, 0.1) is 11.8 Å². The summed E-state index contributed by atoms with van der Waals surface area (Å²) in [5.74, 6) is -0.520. The summed E-state index contributed by atoms with van der Waals surface area (Å²) >= 11 is 0. The van der Waals surface area contributed by atoms with E-state index >= 15 is 0 Å². The first kappa shape index (κ1) is 21.7. The van der Waals surface area contributed by atoms with Gasteiger partial charge < -0.3 is 11.1 Å². The Morgan fingerprint density at radius 1 is 1.14 bits per heavy atom. The van der Waals surface area contributed by atoms with Crippen LogP contribution in [-0.4, -0.2) is 60.9 Å². The van der Waals surface area contributed by atoms with Crippen molar-refractivity contribution in [1.29, 1.82) is 0 Å². The molecule has 3 N–H and O–H groups in total. The van der Waals surface area contributed by atoms with E-state index in [1.54, 1.807) is 6.92 Å². The number of benzene rings is 1. The summed E-state index contributed by atoms with van der Waals surface area (Å²) in [6, 6.07) is 7.32. The molecule has 2 heterocycles. The number of para-hydroxylation sites is 1. The summed E-state index contributed by atoms with van der Waals surface area (Å²) in [5.41, 5.74) is 7.19. The summed E-state index contributed by atoms with van der Waals surface area (Å²) in [7, 11) is -3.20. The molecule has 9 heteroatoms. The molecule has 1 aromatic carbocycles. The summed E-state index contributed by atoms with van der Waals surface area (Å²) in [5, 5.41) is 3.02. The Labute approximate surface area is 172 Å². The van der Waals surface area contributed by atoms with Crippen molar-refractivity contribution in [2.24, 2.45) is 11.7 Å². The highest BCUT2D eigenvalue weighted by atomic mass is 32.2. The third kappa shape index (κ3) is 5.15. The maximum Gasteiger partial charge on any atom is 0.234 e. The van der Waals surface area contributed by atoms with Crippen molar-refractivity contribution in [3.8, 4) is 0 Å². The Kier molecular flexibility index (Phi) is 6.92. The topological polar surface area (TPSA) is 113 Å². The number of amides is 2. The summed E-state index contributed by atoms with van der Waals surface area (Å²) in [6.45, 7) is 3.75. The highest BCUT2D eigenvalue weighted by Gasteiger charge is 2.31. The molecule has 3 rings (SSSR count). The van der Waals surface area contributed by atoms with Crippen molar-refractivity contribution < 1.29 is 18.0 Å². The van der Waals surface area contributed by atoms with Crippen LogP contribution in [-0.2, 0) is 26.2 Å². The molecule has 2 saturated heterocycles. The zero-order valence-electron chi connectivity index (χ0n) is 16.8. The Hall–Kier alpha value is -1.97. The number of piperidine rings is 1. The van der Waals surface area contributed by atoms with Crippen LogP contribution in [0.4, 0.5) is 5.69 Å². The van der Waals surface area contributed by atoms with Gasteiger partial charge in [-0.3, -0.25) is 14.5 Å². The number of nitrogens with one attached hydrogen (secondary N) is 1. The third-order valence-corrected chi connectivity index (χ3v) is 7.81. The average Bonchev–Trinajstić information content (AvgIpc) is 3.18. The number of hydrogen-bond donors (Lipinski definition) is 2. The number of anilines is 1. The second-order valence-electron chi connectivity index (χ2n) is 7.75.